The summed E-state index contributed by atoms with van der Waals surface area (Å²) in [4.78, 5) is 13.2. The van der Waals surface area contributed by atoms with Crippen molar-refractivity contribution >= 4 is 21.7 Å². The average molecular weight is 315 g/mol. The maximum atomic E-state index is 12.3. The molecule has 0 heterocycles. The molecule has 0 bridgehead atoms. The van der Waals surface area contributed by atoms with E-state index in [-0.39, 0.29) is 22.2 Å². The van der Waals surface area contributed by atoms with Crippen LogP contribution >= 0.6 is 0 Å². The molecule has 0 aliphatic carbocycles. The van der Waals surface area contributed by atoms with Gasteiger partial charge in [-0.15, -0.1) is 0 Å². The van der Waals surface area contributed by atoms with Crippen molar-refractivity contribution in [3.63, 3.8) is 0 Å². The number of rotatable bonds is 6. The molecule has 21 heavy (non-hydrogen) atoms. The van der Waals surface area contributed by atoms with Gasteiger partial charge in [0.25, 0.3) is 0 Å². The number of hydrogen-bond donors (Lipinski definition) is 2. The Bertz CT molecular complexity index is 614. The number of nitrogen functional groups attached to an aromatic ring is 1. The van der Waals surface area contributed by atoms with Crippen LogP contribution in [0.5, 0.6) is 0 Å². The quantitative estimate of drug-likeness (QED) is 0.578. The van der Waals surface area contributed by atoms with Gasteiger partial charge in [-0.1, -0.05) is 0 Å². The molecule has 1 rings (SSSR count). The fourth-order valence-electron chi connectivity index (χ4n) is 1.95. The number of likely N-dealkylation sites (N-methyl/N-ethyl adjacent to an activating group) is 1. The van der Waals surface area contributed by atoms with E-state index in [1.54, 1.807) is 6.92 Å². The minimum atomic E-state index is -3.74. The number of nitrogens with one attached hydrogen (secondary N) is 1. The SMILES string of the molecule is COC(=O)c1ccc(S(=O)(=O)NC(C)CN(C)C)c(N)c1. The van der Waals surface area contributed by atoms with Gasteiger partial charge < -0.3 is 15.4 Å². The first-order chi connectivity index (χ1) is 9.67. The normalized spacial score (nSPS) is 13.2. The highest BCUT2D eigenvalue weighted by atomic mass is 32.2. The minimum absolute atomic E-state index is 0.00227. The molecule has 0 radical (unpaired) electrons. The van der Waals surface area contributed by atoms with E-state index < -0.39 is 16.0 Å². The molecule has 1 aromatic rings. The third-order valence-corrected chi connectivity index (χ3v) is 4.38. The van der Waals surface area contributed by atoms with Gasteiger partial charge in [0.05, 0.1) is 18.4 Å². The summed E-state index contributed by atoms with van der Waals surface area (Å²) in [5.74, 6) is -0.570. The molecule has 0 amide bonds. The first kappa shape index (κ1) is 17.4. The van der Waals surface area contributed by atoms with E-state index in [1.807, 2.05) is 19.0 Å². The number of nitrogens with two attached hydrogens (primary N) is 1. The highest BCUT2D eigenvalue weighted by Gasteiger charge is 2.21. The number of carbonyl (C=O) groups is 1. The molecule has 0 fully saturated rings. The van der Waals surface area contributed by atoms with Crippen molar-refractivity contribution in [1.82, 2.24) is 9.62 Å². The first-order valence-corrected chi connectivity index (χ1v) is 7.80. The zero-order valence-electron chi connectivity index (χ0n) is 12.6. The van der Waals surface area contributed by atoms with Gasteiger partial charge in [-0.3, -0.25) is 0 Å². The highest BCUT2D eigenvalue weighted by molar-refractivity contribution is 7.89. The van der Waals surface area contributed by atoms with Crippen LogP contribution in [0.15, 0.2) is 23.1 Å². The molecular formula is C13H21N3O4S. The van der Waals surface area contributed by atoms with Crippen LogP contribution in [0.2, 0.25) is 0 Å². The van der Waals surface area contributed by atoms with Crippen molar-refractivity contribution in [2.45, 2.75) is 17.9 Å². The number of hydrogen-bond acceptors (Lipinski definition) is 6. The third kappa shape index (κ3) is 4.69. The average Bonchev–Trinajstić information content (AvgIpc) is 2.35. The fourth-order valence-corrected chi connectivity index (χ4v) is 3.30. The monoisotopic (exact) mass is 315 g/mol. The molecule has 3 N–H and O–H groups in total. The summed E-state index contributed by atoms with van der Waals surface area (Å²) in [7, 11) is 1.21. The Balaban J connectivity index is 3.01. The molecular weight excluding hydrogens is 294 g/mol. The van der Waals surface area contributed by atoms with Crippen LogP contribution in [0.4, 0.5) is 5.69 Å². The van der Waals surface area contributed by atoms with Gasteiger partial charge in [0.2, 0.25) is 10.0 Å². The van der Waals surface area contributed by atoms with E-state index >= 15 is 0 Å². The van der Waals surface area contributed by atoms with Crippen LogP contribution in [0, 0.1) is 0 Å². The maximum absolute atomic E-state index is 12.3. The first-order valence-electron chi connectivity index (χ1n) is 6.32. The van der Waals surface area contributed by atoms with Crippen LogP contribution in [0.3, 0.4) is 0 Å². The summed E-state index contributed by atoms with van der Waals surface area (Å²) in [6.07, 6.45) is 0. The van der Waals surface area contributed by atoms with Crippen LogP contribution in [0.25, 0.3) is 0 Å². The van der Waals surface area contributed by atoms with Crippen molar-refractivity contribution in [2.24, 2.45) is 0 Å². The third-order valence-electron chi connectivity index (χ3n) is 2.72. The zero-order valence-corrected chi connectivity index (χ0v) is 13.4. The highest BCUT2D eigenvalue weighted by Crippen LogP contribution is 2.20. The number of esters is 1. The molecule has 0 saturated carbocycles. The number of sulfonamides is 1. The molecule has 118 valence electrons. The van der Waals surface area contributed by atoms with E-state index in [0.29, 0.717) is 6.54 Å². The van der Waals surface area contributed by atoms with Crippen LogP contribution < -0.4 is 10.5 Å². The second-order valence-corrected chi connectivity index (χ2v) is 6.71. The second-order valence-electron chi connectivity index (χ2n) is 5.03. The van der Waals surface area contributed by atoms with E-state index in [9.17, 15) is 13.2 Å². The van der Waals surface area contributed by atoms with Gasteiger partial charge in [0.1, 0.15) is 4.90 Å². The molecule has 0 aromatic heterocycles. The molecule has 0 saturated heterocycles. The van der Waals surface area contributed by atoms with Gasteiger partial charge >= 0.3 is 5.97 Å². The van der Waals surface area contributed by atoms with E-state index in [0.717, 1.165) is 0 Å². The lowest BCUT2D eigenvalue weighted by molar-refractivity contribution is 0.0600. The fraction of sp³-hybridized carbons (Fsp3) is 0.462. The van der Waals surface area contributed by atoms with Crippen LogP contribution in [-0.4, -0.2) is 53.1 Å². The lowest BCUT2D eigenvalue weighted by Crippen LogP contribution is -2.39. The molecule has 1 atom stereocenters. The van der Waals surface area contributed by atoms with Gasteiger partial charge in [0.15, 0.2) is 0 Å². The molecule has 1 unspecified atom stereocenters. The molecule has 1 aromatic carbocycles. The smallest absolute Gasteiger partial charge is 0.337 e. The predicted molar refractivity (Wildman–Crippen MR) is 80.5 cm³/mol. The van der Waals surface area contributed by atoms with Crippen molar-refractivity contribution < 1.29 is 17.9 Å². The summed E-state index contributed by atoms with van der Waals surface area (Å²) in [5.41, 5.74) is 5.95. The number of anilines is 1. The lowest BCUT2D eigenvalue weighted by atomic mass is 10.2. The minimum Gasteiger partial charge on any atom is -0.465 e. The van der Waals surface area contributed by atoms with E-state index in [2.05, 4.69) is 9.46 Å². The number of nitrogens with zero attached hydrogens (tertiary/aromatic N) is 1. The molecule has 0 aliphatic heterocycles. The van der Waals surface area contributed by atoms with Crippen molar-refractivity contribution in [2.75, 3.05) is 33.5 Å². The van der Waals surface area contributed by atoms with Crippen molar-refractivity contribution in [3.05, 3.63) is 23.8 Å². The van der Waals surface area contributed by atoms with Crippen LogP contribution in [0.1, 0.15) is 17.3 Å². The Morgan fingerprint density at radius 1 is 1.43 bits per heavy atom. The predicted octanol–water partition coefficient (Wildman–Crippen LogP) is 0.284. The van der Waals surface area contributed by atoms with Crippen molar-refractivity contribution in [3.8, 4) is 0 Å². The number of benzene rings is 1. The summed E-state index contributed by atoms with van der Waals surface area (Å²) in [5, 5.41) is 0. The Hall–Kier alpha value is -1.64. The summed E-state index contributed by atoms with van der Waals surface area (Å²) >= 11 is 0. The van der Waals surface area contributed by atoms with Gasteiger partial charge in [-0.25, -0.2) is 17.9 Å². The standard InChI is InChI=1S/C13H21N3O4S/c1-9(8-16(2)3)15-21(18,19)12-6-5-10(7-11(12)14)13(17)20-4/h5-7,9,15H,8,14H2,1-4H3. The summed E-state index contributed by atoms with van der Waals surface area (Å²) < 4.78 is 31.6. The Morgan fingerprint density at radius 2 is 2.05 bits per heavy atom. The van der Waals surface area contributed by atoms with E-state index in [1.165, 1.54) is 25.3 Å². The zero-order chi connectivity index (χ0) is 16.2. The lowest BCUT2D eigenvalue weighted by Gasteiger charge is -2.19. The van der Waals surface area contributed by atoms with Gasteiger partial charge in [-0.05, 0) is 39.2 Å². The van der Waals surface area contributed by atoms with Crippen molar-refractivity contribution in [1.29, 1.82) is 0 Å². The van der Waals surface area contributed by atoms with Gasteiger partial charge in [0, 0.05) is 12.6 Å². The van der Waals surface area contributed by atoms with Crippen LogP contribution in [-0.2, 0) is 14.8 Å². The second kappa shape index (κ2) is 6.88. The largest absolute Gasteiger partial charge is 0.465 e. The Labute approximate surface area is 125 Å². The molecule has 7 nitrogen and oxygen atoms in total. The Morgan fingerprint density at radius 3 is 2.52 bits per heavy atom. The summed E-state index contributed by atoms with van der Waals surface area (Å²) in [6.45, 7) is 2.32. The molecule has 8 heteroatoms. The number of ether oxygens (including phenoxy) is 1. The number of carbonyl (C=O) groups excluding carboxylic acids is 1. The van der Waals surface area contributed by atoms with E-state index in [4.69, 9.17) is 5.73 Å². The molecule has 0 aliphatic rings. The topological polar surface area (TPSA) is 102 Å². The molecule has 0 spiro atoms. The maximum Gasteiger partial charge on any atom is 0.337 e. The summed E-state index contributed by atoms with van der Waals surface area (Å²) in [6, 6.07) is 3.68. The Kier molecular flexibility index (Phi) is 5.70. The number of methoxy groups -OCH3 is 1. The van der Waals surface area contributed by atoms with Gasteiger partial charge in [-0.2, -0.15) is 0 Å².